The van der Waals surface area contributed by atoms with Gasteiger partial charge in [-0.05, 0) is 56.6 Å². The van der Waals surface area contributed by atoms with Crippen molar-refractivity contribution in [2.24, 2.45) is 0 Å². The largest absolute Gasteiger partial charge is 0.398 e. The molecule has 3 rings (SSSR count). The molecule has 1 heterocycles. The number of hydrogen-bond donors (Lipinski definition) is 1. The second-order valence-corrected chi connectivity index (χ2v) is 5.61. The molecule has 1 aliphatic heterocycles. The molecule has 0 bridgehead atoms. The fraction of sp³-hybridized carbons (Fsp3) is 0.571. The minimum atomic E-state index is 0.705. The Morgan fingerprint density at radius 3 is 2.53 bits per heavy atom. The van der Waals surface area contributed by atoms with Gasteiger partial charge < -0.3 is 15.5 Å². The highest BCUT2D eigenvalue weighted by atomic mass is 15.3. The van der Waals surface area contributed by atoms with Gasteiger partial charge in [-0.2, -0.15) is 0 Å². The molecule has 92 valence electrons. The van der Waals surface area contributed by atoms with Gasteiger partial charge in [-0.1, -0.05) is 0 Å². The highest BCUT2D eigenvalue weighted by Crippen LogP contribution is 2.44. The van der Waals surface area contributed by atoms with Gasteiger partial charge in [-0.3, -0.25) is 0 Å². The normalized spacial score (nSPS) is 20.8. The molecule has 2 N–H and O–H groups in total. The molecule has 1 saturated heterocycles. The molecule has 2 aliphatic rings. The molecule has 2 fully saturated rings. The highest BCUT2D eigenvalue weighted by molar-refractivity contribution is 5.61. The maximum atomic E-state index is 6.04. The third kappa shape index (κ3) is 2.00. The lowest BCUT2D eigenvalue weighted by Gasteiger charge is -2.44. The maximum absolute atomic E-state index is 6.04. The number of nitrogens with two attached hydrogens (primary N) is 1. The van der Waals surface area contributed by atoms with Gasteiger partial charge in [0.1, 0.15) is 0 Å². The SMILES string of the molecule is CN(C)C1CN(c2ccc(N)c(C3CC3)c2)C1. The predicted octanol–water partition coefficient (Wildman–Crippen LogP) is 1.90. The average Bonchev–Trinajstić information content (AvgIpc) is 3.01. The van der Waals surface area contributed by atoms with Gasteiger partial charge >= 0.3 is 0 Å². The summed E-state index contributed by atoms with van der Waals surface area (Å²) in [5.41, 5.74) is 9.73. The minimum absolute atomic E-state index is 0.705. The maximum Gasteiger partial charge on any atom is 0.0440 e. The number of hydrogen-bond acceptors (Lipinski definition) is 3. The van der Waals surface area contributed by atoms with E-state index in [1.807, 2.05) is 0 Å². The summed E-state index contributed by atoms with van der Waals surface area (Å²) in [6.45, 7) is 2.28. The summed E-state index contributed by atoms with van der Waals surface area (Å²) in [6, 6.07) is 7.25. The van der Waals surface area contributed by atoms with Crippen LogP contribution >= 0.6 is 0 Å². The van der Waals surface area contributed by atoms with Crippen LogP contribution in [0.25, 0.3) is 0 Å². The monoisotopic (exact) mass is 231 g/mol. The molecule has 1 saturated carbocycles. The molecule has 17 heavy (non-hydrogen) atoms. The van der Waals surface area contributed by atoms with Crippen LogP contribution in [-0.4, -0.2) is 38.1 Å². The van der Waals surface area contributed by atoms with Crippen molar-refractivity contribution in [1.82, 2.24) is 4.90 Å². The standard InChI is InChI=1S/C14H21N3/c1-16(2)12-8-17(9-12)11-5-6-14(15)13(7-11)10-3-4-10/h5-7,10,12H,3-4,8-9,15H2,1-2H3. The Morgan fingerprint density at radius 2 is 1.94 bits per heavy atom. The topological polar surface area (TPSA) is 32.5 Å². The third-order valence-corrected chi connectivity index (χ3v) is 4.05. The van der Waals surface area contributed by atoms with Crippen LogP contribution in [0.4, 0.5) is 11.4 Å². The minimum Gasteiger partial charge on any atom is -0.398 e. The van der Waals surface area contributed by atoms with E-state index in [2.05, 4.69) is 42.1 Å². The number of rotatable bonds is 3. The van der Waals surface area contributed by atoms with Gasteiger partial charge in [-0.25, -0.2) is 0 Å². The lowest BCUT2D eigenvalue weighted by molar-refractivity contribution is 0.247. The molecule has 1 aliphatic carbocycles. The van der Waals surface area contributed by atoms with Crippen molar-refractivity contribution in [3.8, 4) is 0 Å². The summed E-state index contributed by atoms with van der Waals surface area (Å²) in [5.74, 6) is 0.737. The summed E-state index contributed by atoms with van der Waals surface area (Å²) in [6.07, 6.45) is 2.63. The molecule has 0 spiro atoms. The van der Waals surface area contributed by atoms with E-state index in [-0.39, 0.29) is 0 Å². The highest BCUT2D eigenvalue weighted by Gasteiger charge is 2.30. The molecule has 0 atom stereocenters. The van der Waals surface area contributed by atoms with E-state index in [0.717, 1.165) is 24.7 Å². The molecule has 0 aromatic heterocycles. The first-order valence-electron chi connectivity index (χ1n) is 6.46. The quantitative estimate of drug-likeness (QED) is 0.806. The Hall–Kier alpha value is -1.22. The van der Waals surface area contributed by atoms with Crippen LogP contribution < -0.4 is 10.6 Å². The lowest BCUT2D eigenvalue weighted by Crippen LogP contribution is -2.57. The van der Waals surface area contributed by atoms with Crippen LogP contribution in [0.3, 0.4) is 0 Å². The molecule has 1 aromatic carbocycles. The number of anilines is 2. The van der Waals surface area contributed by atoms with E-state index < -0.39 is 0 Å². The van der Waals surface area contributed by atoms with Crippen molar-refractivity contribution in [3.05, 3.63) is 23.8 Å². The van der Waals surface area contributed by atoms with E-state index in [1.54, 1.807) is 0 Å². The van der Waals surface area contributed by atoms with E-state index in [1.165, 1.54) is 24.1 Å². The Balaban J connectivity index is 1.74. The van der Waals surface area contributed by atoms with Crippen LogP contribution in [0, 0.1) is 0 Å². The number of nitrogens with zero attached hydrogens (tertiary/aromatic N) is 2. The van der Waals surface area contributed by atoms with E-state index in [0.29, 0.717) is 6.04 Å². The summed E-state index contributed by atoms with van der Waals surface area (Å²) >= 11 is 0. The zero-order valence-corrected chi connectivity index (χ0v) is 10.7. The Morgan fingerprint density at radius 1 is 1.24 bits per heavy atom. The van der Waals surface area contributed by atoms with Gasteiger partial charge in [0.2, 0.25) is 0 Å². The second kappa shape index (κ2) is 3.91. The summed E-state index contributed by atoms with van der Waals surface area (Å²) < 4.78 is 0. The average molecular weight is 231 g/mol. The molecule has 0 amide bonds. The van der Waals surface area contributed by atoms with Crippen molar-refractivity contribution in [3.63, 3.8) is 0 Å². The van der Waals surface area contributed by atoms with Crippen LogP contribution in [0.1, 0.15) is 24.3 Å². The fourth-order valence-electron chi connectivity index (χ4n) is 2.50. The Labute approximate surface area is 103 Å². The van der Waals surface area contributed by atoms with Crippen molar-refractivity contribution < 1.29 is 0 Å². The van der Waals surface area contributed by atoms with Crippen LogP contribution in [0.2, 0.25) is 0 Å². The third-order valence-electron chi connectivity index (χ3n) is 4.05. The lowest BCUT2D eigenvalue weighted by atomic mass is 10.0. The second-order valence-electron chi connectivity index (χ2n) is 5.61. The zero-order chi connectivity index (χ0) is 12.0. The molecule has 0 unspecified atom stereocenters. The van der Waals surface area contributed by atoms with Gasteiger partial charge in [0.05, 0.1) is 0 Å². The molecule has 3 heteroatoms. The van der Waals surface area contributed by atoms with Gasteiger partial charge in [-0.15, -0.1) is 0 Å². The van der Waals surface area contributed by atoms with Crippen molar-refractivity contribution >= 4 is 11.4 Å². The summed E-state index contributed by atoms with van der Waals surface area (Å²) in [4.78, 5) is 4.74. The Kier molecular flexibility index (Phi) is 2.51. The number of nitrogen functional groups attached to an aromatic ring is 1. The summed E-state index contributed by atoms with van der Waals surface area (Å²) in [5, 5.41) is 0. The first-order valence-corrected chi connectivity index (χ1v) is 6.46. The fourth-order valence-corrected chi connectivity index (χ4v) is 2.50. The van der Waals surface area contributed by atoms with Gasteiger partial charge in [0.25, 0.3) is 0 Å². The van der Waals surface area contributed by atoms with Crippen molar-refractivity contribution in [2.75, 3.05) is 37.8 Å². The van der Waals surface area contributed by atoms with Crippen LogP contribution in [-0.2, 0) is 0 Å². The van der Waals surface area contributed by atoms with Crippen molar-refractivity contribution in [2.45, 2.75) is 24.8 Å². The van der Waals surface area contributed by atoms with Crippen LogP contribution in [0.5, 0.6) is 0 Å². The van der Waals surface area contributed by atoms with Gasteiger partial charge in [0, 0.05) is 30.5 Å². The first kappa shape index (κ1) is 10.9. The first-order chi connectivity index (χ1) is 8.15. The van der Waals surface area contributed by atoms with E-state index >= 15 is 0 Å². The van der Waals surface area contributed by atoms with Gasteiger partial charge in [0.15, 0.2) is 0 Å². The van der Waals surface area contributed by atoms with Crippen LogP contribution in [0.15, 0.2) is 18.2 Å². The van der Waals surface area contributed by atoms with E-state index in [9.17, 15) is 0 Å². The molecule has 3 nitrogen and oxygen atoms in total. The smallest absolute Gasteiger partial charge is 0.0440 e. The zero-order valence-electron chi connectivity index (χ0n) is 10.7. The summed E-state index contributed by atoms with van der Waals surface area (Å²) in [7, 11) is 4.31. The number of likely N-dealkylation sites (N-methyl/N-ethyl adjacent to an activating group) is 1. The molecular formula is C14H21N3. The molecular weight excluding hydrogens is 210 g/mol. The van der Waals surface area contributed by atoms with E-state index in [4.69, 9.17) is 5.73 Å². The molecule has 0 radical (unpaired) electrons. The van der Waals surface area contributed by atoms with Crippen molar-refractivity contribution in [1.29, 1.82) is 0 Å². The Bertz CT molecular complexity index is 417. The number of benzene rings is 1. The molecule has 1 aromatic rings. The predicted molar refractivity (Wildman–Crippen MR) is 72.5 cm³/mol.